The minimum Gasteiger partial charge on any atom is -0.375 e. The van der Waals surface area contributed by atoms with E-state index < -0.39 is 0 Å². The number of nitrogens with two attached hydrogens (primary N) is 1. The zero-order chi connectivity index (χ0) is 13.3. The van der Waals surface area contributed by atoms with E-state index in [4.69, 9.17) is 10.5 Å². The fraction of sp³-hybridized carbons (Fsp3) is 0.800. The molecule has 106 valence electrons. The van der Waals surface area contributed by atoms with Crippen LogP contribution in [-0.2, 0) is 11.2 Å². The Hall–Kier alpha value is -0.870. The summed E-state index contributed by atoms with van der Waals surface area (Å²) in [6.45, 7) is 2.92. The van der Waals surface area contributed by atoms with Crippen molar-refractivity contribution in [1.82, 2.24) is 9.78 Å². The van der Waals surface area contributed by atoms with E-state index in [0.29, 0.717) is 6.04 Å². The summed E-state index contributed by atoms with van der Waals surface area (Å²) < 4.78 is 8.24. The molecule has 19 heavy (non-hydrogen) atoms. The molecule has 1 spiro atoms. The van der Waals surface area contributed by atoms with Crippen LogP contribution in [0.1, 0.15) is 57.1 Å². The predicted molar refractivity (Wildman–Crippen MR) is 75.0 cm³/mol. The number of nitrogens with zero attached hydrogens (tertiary/aromatic N) is 2. The highest BCUT2D eigenvalue weighted by Crippen LogP contribution is 2.43. The SMILES string of the molecule is CC(N)Cc1cnn(C2CCOC3(CCCC3)C2)c1. The lowest BCUT2D eigenvalue weighted by Crippen LogP contribution is -2.38. The molecule has 1 aliphatic carbocycles. The second kappa shape index (κ2) is 5.25. The first-order valence-corrected chi connectivity index (χ1v) is 7.59. The Morgan fingerprint density at radius 1 is 1.53 bits per heavy atom. The highest BCUT2D eigenvalue weighted by Gasteiger charge is 2.40. The average Bonchev–Trinajstić information content (AvgIpc) is 2.99. The van der Waals surface area contributed by atoms with Crippen molar-refractivity contribution in [2.75, 3.05) is 6.61 Å². The van der Waals surface area contributed by atoms with Gasteiger partial charge in [-0.05, 0) is 44.6 Å². The van der Waals surface area contributed by atoms with Gasteiger partial charge in [0.1, 0.15) is 0 Å². The molecule has 2 unspecified atom stereocenters. The van der Waals surface area contributed by atoms with Crippen LogP contribution in [0.25, 0.3) is 0 Å². The predicted octanol–water partition coefficient (Wildman–Crippen LogP) is 2.44. The molecule has 1 saturated heterocycles. The van der Waals surface area contributed by atoms with E-state index in [1.54, 1.807) is 0 Å². The molecular formula is C15H25N3O. The van der Waals surface area contributed by atoms with Gasteiger partial charge in [-0.15, -0.1) is 0 Å². The van der Waals surface area contributed by atoms with Gasteiger partial charge in [-0.1, -0.05) is 12.8 Å². The molecule has 2 heterocycles. The van der Waals surface area contributed by atoms with Gasteiger partial charge in [0.05, 0.1) is 17.8 Å². The van der Waals surface area contributed by atoms with Gasteiger partial charge in [0, 0.05) is 18.8 Å². The quantitative estimate of drug-likeness (QED) is 0.911. The van der Waals surface area contributed by atoms with Crippen molar-refractivity contribution in [3.05, 3.63) is 18.0 Å². The minimum absolute atomic E-state index is 0.163. The molecule has 0 radical (unpaired) electrons. The van der Waals surface area contributed by atoms with Crippen LogP contribution in [0.3, 0.4) is 0 Å². The number of hydrogen-bond donors (Lipinski definition) is 1. The van der Waals surface area contributed by atoms with Crippen molar-refractivity contribution in [3.8, 4) is 0 Å². The maximum absolute atomic E-state index is 6.09. The van der Waals surface area contributed by atoms with Crippen LogP contribution in [0.5, 0.6) is 0 Å². The molecule has 0 bridgehead atoms. The van der Waals surface area contributed by atoms with E-state index in [2.05, 4.69) is 16.0 Å². The Morgan fingerprint density at radius 3 is 3.05 bits per heavy atom. The lowest BCUT2D eigenvalue weighted by molar-refractivity contribution is -0.0910. The summed E-state index contributed by atoms with van der Waals surface area (Å²) >= 11 is 0. The van der Waals surface area contributed by atoms with Gasteiger partial charge < -0.3 is 10.5 Å². The monoisotopic (exact) mass is 263 g/mol. The second-order valence-corrected chi connectivity index (χ2v) is 6.40. The van der Waals surface area contributed by atoms with Crippen molar-refractivity contribution < 1.29 is 4.74 Å². The fourth-order valence-electron chi connectivity index (χ4n) is 3.65. The van der Waals surface area contributed by atoms with E-state index in [1.165, 1.54) is 31.2 Å². The van der Waals surface area contributed by atoms with Crippen LogP contribution < -0.4 is 5.73 Å². The van der Waals surface area contributed by atoms with Gasteiger partial charge in [-0.25, -0.2) is 0 Å². The van der Waals surface area contributed by atoms with E-state index in [0.717, 1.165) is 25.9 Å². The standard InChI is InChI=1S/C15H25N3O/c1-12(16)8-13-10-17-18(11-13)14-4-7-19-15(9-14)5-2-3-6-15/h10-12,14H,2-9,16H2,1H3. The normalized spacial score (nSPS) is 27.8. The maximum atomic E-state index is 6.09. The highest BCUT2D eigenvalue weighted by molar-refractivity contribution is 5.07. The Morgan fingerprint density at radius 2 is 2.32 bits per heavy atom. The number of ether oxygens (including phenoxy) is 1. The Labute approximate surface area is 115 Å². The third-order valence-electron chi connectivity index (χ3n) is 4.57. The van der Waals surface area contributed by atoms with Gasteiger partial charge in [0.25, 0.3) is 0 Å². The molecule has 3 rings (SSSR count). The minimum atomic E-state index is 0.163. The molecule has 0 amide bonds. The number of hydrogen-bond acceptors (Lipinski definition) is 3. The molecular weight excluding hydrogens is 238 g/mol. The Bertz CT molecular complexity index is 421. The first kappa shape index (κ1) is 13.1. The van der Waals surface area contributed by atoms with Crippen molar-refractivity contribution in [2.45, 2.75) is 69.6 Å². The van der Waals surface area contributed by atoms with Crippen LogP contribution in [0.15, 0.2) is 12.4 Å². The summed E-state index contributed by atoms with van der Waals surface area (Å²) in [6.07, 6.45) is 12.4. The van der Waals surface area contributed by atoms with Gasteiger partial charge in [-0.2, -0.15) is 5.10 Å². The van der Waals surface area contributed by atoms with Crippen LogP contribution in [-0.4, -0.2) is 28.0 Å². The van der Waals surface area contributed by atoms with Crippen molar-refractivity contribution in [2.24, 2.45) is 5.73 Å². The zero-order valence-corrected chi connectivity index (χ0v) is 11.8. The van der Waals surface area contributed by atoms with Crippen LogP contribution in [0.4, 0.5) is 0 Å². The molecule has 0 aromatic carbocycles. The van der Waals surface area contributed by atoms with Gasteiger partial charge in [0.2, 0.25) is 0 Å². The Kier molecular flexibility index (Phi) is 3.63. The largest absolute Gasteiger partial charge is 0.375 e. The van der Waals surface area contributed by atoms with Crippen LogP contribution in [0.2, 0.25) is 0 Å². The third kappa shape index (κ3) is 2.84. The summed E-state index contributed by atoms with van der Waals surface area (Å²) in [5.41, 5.74) is 7.26. The van der Waals surface area contributed by atoms with Gasteiger partial charge >= 0.3 is 0 Å². The van der Waals surface area contributed by atoms with Crippen LogP contribution >= 0.6 is 0 Å². The topological polar surface area (TPSA) is 53.1 Å². The zero-order valence-electron chi connectivity index (χ0n) is 11.8. The van der Waals surface area contributed by atoms with Crippen LogP contribution in [0, 0.1) is 0 Å². The molecule has 4 nitrogen and oxygen atoms in total. The summed E-state index contributed by atoms with van der Waals surface area (Å²) in [4.78, 5) is 0. The molecule has 1 aliphatic heterocycles. The van der Waals surface area contributed by atoms with Crippen molar-refractivity contribution >= 4 is 0 Å². The summed E-state index contributed by atoms with van der Waals surface area (Å²) in [5.74, 6) is 0. The third-order valence-corrected chi connectivity index (χ3v) is 4.57. The lowest BCUT2D eigenvalue weighted by atomic mass is 9.89. The smallest absolute Gasteiger partial charge is 0.0703 e. The molecule has 1 saturated carbocycles. The summed E-state index contributed by atoms with van der Waals surface area (Å²) in [7, 11) is 0. The van der Waals surface area contributed by atoms with E-state index in [9.17, 15) is 0 Å². The summed E-state index contributed by atoms with van der Waals surface area (Å²) in [5, 5.41) is 4.55. The Balaban J connectivity index is 1.69. The lowest BCUT2D eigenvalue weighted by Gasteiger charge is -2.38. The second-order valence-electron chi connectivity index (χ2n) is 6.40. The molecule has 2 aliphatic rings. The maximum Gasteiger partial charge on any atom is 0.0703 e. The first-order chi connectivity index (χ1) is 9.17. The van der Waals surface area contributed by atoms with Crippen molar-refractivity contribution in [1.29, 1.82) is 0 Å². The average molecular weight is 263 g/mol. The molecule has 1 aromatic heterocycles. The molecule has 2 N–H and O–H groups in total. The molecule has 4 heteroatoms. The van der Waals surface area contributed by atoms with Crippen molar-refractivity contribution in [3.63, 3.8) is 0 Å². The van der Waals surface area contributed by atoms with Gasteiger partial charge in [0.15, 0.2) is 0 Å². The number of aromatic nitrogens is 2. The fourth-order valence-corrected chi connectivity index (χ4v) is 3.65. The number of rotatable bonds is 3. The molecule has 1 aromatic rings. The molecule has 2 atom stereocenters. The van der Waals surface area contributed by atoms with E-state index in [-0.39, 0.29) is 11.6 Å². The highest BCUT2D eigenvalue weighted by atomic mass is 16.5. The molecule has 2 fully saturated rings. The van der Waals surface area contributed by atoms with E-state index >= 15 is 0 Å². The summed E-state index contributed by atoms with van der Waals surface area (Å²) in [6, 6.07) is 0.710. The first-order valence-electron chi connectivity index (χ1n) is 7.59. The van der Waals surface area contributed by atoms with E-state index in [1.807, 2.05) is 13.1 Å². The van der Waals surface area contributed by atoms with Gasteiger partial charge in [-0.3, -0.25) is 4.68 Å².